The Hall–Kier alpha value is -1.38. The number of rotatable bonds is 9. The molecule has 0 radical (unpaired) electrons. The smallest absolute Gasteiger partial charge is 0.0107 e. The van der Waals surface area contributed by atoms with Crippen molar-refractivity contribution in [1.29, 1.82) is 0 Å². The molecule has 2 heteroatoms. The Labute approximate surface area is 159 Å². The highest BCUT2D eigenvalue weighted by Gasteiger charge is 2.36. The number of nitrogens with two attached hydrogens (primary N) is 1. The monoisotopic (exact) mass is 352 g/mol. The first-order valence-electron chi connectivity index (χ1n) is 10.6. The Morgan fingerprint density at radius 1 is 1.04 bits per heavy atom. The Morgan fingerprint density at radius 2 is 1.77 bits per heavy atom. The van der Waals surface area contributed by atoms with E-state index in [9.17, 15) is 0 Å². The minimum Gasteiger partial charge on any atom is -0.330 e. The summed E-state index contributed by atoms with van der Waals surface area (Å²) < 4.78 is 0. The molecule has 2 atom stereocenters. The van der Waals surface area contributed by atoms with Gasteiger partial charge < -0.3 is 10.6 Å². The molecule has 0 saturated carbocycles. The largest absolute Gasteiger partial charge is 0.330 e. The molecule has 1 aliphatic rings. The number of fused-ring (bicyclic) bond motifs is 1. The lowest BCUT2D eigenvalue weighted by Crippen LogP contribution is -2.41. The van der Waals surface area contributed by atoms with Gasteiger partial charge in [0.2, 0.25) is 0 Å². The van der Waals surface area contributed by atoms with E-state index in [1.54, 1.807) is 0 Å². The van der Waals surface area contributed by atoms with E-state index in [2.05, 4.69) is 61.2 Å². The van der Waals surface area contributed by atoms with Crippen LogP contribution >= 0.6 is 0 Å². The summed E-state index contributed by atoms with van der Waals surface area (Å²) in [6.07, 6.45) is 7.70. The molecule has 2 aromatic carbocycles. The van der Waals surface area contributed by atoms with Crippen molar-refractivity contribution in [2.75, 3.05) is 26.2 Å². The number of unbranched alkanes of at least 4 members (excludes halogenated alkanes) is 1. The van der Waals surface area contributed by atoms with Crippen LogP contribution in [0.2, 0.25) is 0 Å². The highest BCUT2D eigenvalue weighted by atomic mass is 15.1. The SMILES string of the molecule is CCC(C)C(CN)(CCCCN1CCCC1)c1cccc2ccccc12. The minimum atomic E-state index is 0.0840. The van der Waals surface area contributed by atoms with Crippen LogP contribution in [0.3, 0.4) is 0 Å². The van der Waals surface area contributed by atoms with Crippen LogP contribution in [0.4, 0.5) is 0 Å². The van der Waals surface area contributed by atoms with E-state index in [1.807, 2.05) is 0 Å². The summed E-state index contributed by atoms with van der Waals surface area (Å²) >= 11 is 0. The second-order valence-corrected chi connectivity index (χ2v) is 8.20. The zero-order valence-corrected chi connectivity index (χ0v) is 16.7. The van der Waals surface area contributed by atoms with E-state index >= 15 is 0 Å². The molecule has 1 heterocycles. The number of benzene rings is 2. The number of hydrogen-bond donors (Lipinski definition) is 1. The van der Waals surface area contributed by atoms with Gasteiger partial charge in [-0.25, -0.2) is 0 Å². The highest BCUT2D eigenvalue weighted by molar-refractivity contribution is 5.86. The van der Waals surface area contributed by atoms with Gasteiger partial charge in [0.05, 0.1) is 0 Å². The van der Waals surface area contributed by atoms with Gasteiger partial charge in [0.1, 0.15) is 0 Å². The Kier molecular flexibility index (Phi) is 6.72. The molecule has 0 amide bonds. The third-order valence-electron chi connectivity index (χ3n) is 6.79. The van der Waals surface area contributed by atoms with Gasteiger partial charge in [0.15, 0.2) is 0 Å². The van der Waals surface area contributed by atoms with Gasteiger partial charge in [0, 0.05) is 12.0 Å². The molecule has 2 unspecified atom stereocenters. The van der Waals surface area contributed by atoms with Crippen LogP contribution in [0.25, 0.3) is 10.8 Å². The molecule has 1 aliphatic heterocycles. The van der Waals surface area contributed by atoms with Gasteiger partial charge >= 0.3 is 0 Å². The number of hydrogen-bond acceptors (Lipinski definition) is 2. The lowest BCUT2D eigenvalue weighted by Gasteiger charge is -2.40. The topological polar surface area (TPSA) is 29.3 Å². The zero-order chi connectivity index (χ0) is 18.4. The first-order chi connectivity index (χ1) is 12.7. The van der Waals surface area contributed by atoms with Crippen molar-refractivity contribution in [3.05, 3.63) is 48.0 Å². The van der Waals surface area contributed by atoms with Crippen molar-refractivity contribution in [2.24, 2.45) is 11.7 Å². The van der Waals surface area contributed by atoms with Gasteiger partial charge in [-0.1, -0.05) is 69.2 Å². The van der Waals surface area contributed by atoms with E-state index in [0.717, 1.165) is 6.54 Å². The standard InChI is InChI=1S/C24H36N2/c1-3-20(2)24(19-25,15-6-7-16-26-17-8-9-18-26)23-14-10-12-21-11-4-5-13-22(21)23/h4-5,10-14,20H,3,6-9,15-19,25H2,1-2H3. The van der Waals surface area contributed by atoms with E-state index in [4.69, 9.17) is 5.73 Å². The maximum Gasteiger partial charge on any atom is 0.0107 e. The van der Waals surface area contributed by atoms with Gasteiger partial charge in [-0.2, -0.15) is 0 Å². The lowest BCUT2D eigenvalue weighted by atomic mass is 9.66. The third kappa shape index (κ3) is 3.97. The van der Waals surface area contributed by atoms with Gasteiger partial charge in [-0.05, 0) is 67.6 Å². The van der Waals surface area contributed by atoms with Crippen molar-refractivity contribution in [2.45, 2.75) is 57.8 Å². The van der Waals surface area contributed by atoms with E-state index < -0.39 is 0 Å². The summed E-state index contributed by atoms with van der Waals surface area (Å²) in [6.45, 7) is 9.31. The molecule has 26 heavy (non-hydrogen) atoms. The molecule has 0 aliphatic carbocycles. The quantitative estimate of drug-likeness (QED) is 0.617. The van der Waals surface area contributed by atoms with Crippen molar-refractivity contribution < 1.29 is 0 Å². The maximum absolute atomic E-state index is 6.50. The Morgan fingerprint density at radius 3 is 2.50 bits per heavy atom. The van der Waals surface area contributed by atoms with Crippen molar-refractivity contribution >= 4 is 10.8 Å². The normalized spacial score (nSPS) is 18.9. The second-order valence-electron chi connectivity index (χ2n) is 8.20. The Bertz CT molecular complexity index is 684. The fraction of sp³-hybridized carbons (Fsp3) is 0.583. The predicted octanol–water partition coefficient (Wildman–Crippen LogP) is 5.35. The van der Waals surface area contributed by atoms with Crippen molar-refractivity contribution in [1.82, 2.24) is 4.90 Å². The lowest BCUT2D eigenvalue weighted by molar-refractivity contribution is 0.251. The molecule has 1 saturated heterocycles. The summed E-state index contributed by atoms with van der Waals surface area (Å²) in [7, 11) is 0. The molecular weight excluding hydrogens is 316 g/mol. The number of likely N-dealkylation sites (tertiary alicyclic amines) is 1. The summed E-state index contributed by atoms with van der Waals surface area (Å²) in [5.41, 5.74) is 8.05. The molecule has 0 spiro atoms. The van der Waals surface area contributed by atoms with E-state index in [0.29, 0.717) is 5.92 Å². The molecule has 0 bridgehead atoms. The third-order valence-corrected chi connectivity index (χ3v) is 6.79. The van der Waals surface area contributed by atoms with Crippen LogP contribution < -0.4 is 5.73 Å². The Balaban J connectivity index is 1.83. The van der Waals surface area contributed by atoms with Crippen LogP contribution in [-0.2, 0) is 5.41 Å². The average Bonchev–Trinajstić information content (AvgIpc) is 3.21. The summed E-state index contributed by atoms with van der Waals surface area (Å²) in [5, 5.41) is 2.73. The van der Waals surface area contributed by atoms with Crippen LogP contribution in [0.15, 0.2) is 42.5 Å². The van der Waals surface area contributed by atoms with Gasteiger partial charge in [0.25, 0.3) is 0 Å². The molecule has 2 N–H and O–H groups in total. The van der Waals surface area contributed by atoms with Gasteiger partial charge in [-0.15, -0.1) is 0 Å². The first-order valence-corrected chi connectivity index (χ1v) is 10.6. The molecule has 3 rings (SSSR count). The minimum absolute atomic E-state index is 0.0840. The van der Waals surface area contributed by atoms with Crippen LogP contribution in [0.5, 0.6) is 0 Å². The average molecular weight is 353 g/mol. The molecule has 2 nitrogen and oxygen atoms in total. The van der Waals surface area contributed by atoms with E-state index in [1.165, 1.54) is 74.5 Å². The van der Waals surface area contributed by atoms with Crippen molar-refractivity contribution in [3.63, 3.8) is 0 Å². The second kappa shape index (κ2) is 9.01. The van der Waals surface area contributed by atoms with Crippen molar-refractivity contribution in [3.8, 4) is 0 Å². The zero-order valence-electron chi connectivity index (χ0n) is 16.7. The van der Waals surface area contributed by atoms with Gasteiger partial charge in [-0.3, -0.25) is 0 Å². The van der Waals surface area contributed by atoms with Crippen LogP contribution in [0.1, 0.15) is 57.9 Å². The maximum atomic E-state index is 6.50. The molecule has 0 aromatic heterocycles. The first kappa shape index (κ1) is 19.4. The van der Waals surface area contributed by atoms with Crippen LogP contribution in [-0.4, -0.2) is 31.1 Å². The summed E-state index contributed by atoms with van der Waals surface area (Å²) in [6, 6.07) is 15.6. The predicted molar refractivity (Wildman–Crippen MR) is 114 cm³/mol. The summed E-state index contributed by atoms with van der Waals surface area (Å²) in [4.78, 5) is 2.63. The fourth-order valence-corrected chi connectivity index (χ4v) is 4.89. The molecule has 1 fully saturated rings. The molecular formula is C24H36N2. The summed E-state index contributed by atoms with van der Waals surface area (Å²) in [5.74, 6) is 0.588. The molecule has 2 aromatic rings. The fourth-order valence-electron chi connectivity index (χ4n) is 4.89. The number of nitrogens with zero attached hydrogens (tertiary/aromatic N) is 1. The highest BCUT2D eigenvalue weighted by Crippen LogP contribution is 2.41. The molecule has 142 valence electrons. The van der Waals surface area contributed by atoms with E-state index in [-0.39, 0.29) is 5.41 Å². The van der Waals surface area contributed by atoms with Crippen LogP contribution in [0, 0.1) is 5.92 Å².